The Hall–Kier alpha value is -2.45. The van der Waals surface area contributed by atoms with Crippen molar-refractivity contribution >= 4 is 5.91 Å². The van der Waals surface area contributed by atoms with E-state index in [1.165, 1.54) is 0 Å². The smallest absolute Gasteiger partial charge is 0.233 e. The molecule has 0 saturated carbocycles. The Bertz CT molecular complexity index is 808. The molecular formula is C18H22N4O4. The molecule has 0 spiro atoms. The second-order valence-corrected chi connectivity index (χ2v) is 6.91. The molecule has 138 valence electrons. The number of ether oxygens (including phenoxy) is 1. The summed E-state index contributed by atoms with van der Waals surface area (Å²) in [5, 5.41) is 18.3. The van der Waals surface area contributed by atoms with Gasteiger partial charge in [0.15, 0.2) is 0 Å². The van der Waals surface area contributed by atoms with E-state index in [4.69, 9.17) is 9.15 Å². The Kier molecular flexibility index (Phi) is 4.37. The van der Waals surface area contributed by atoms with Crippen LogP contribution >= 0.6 is 0 Å². The monoisotopic (exact) mass is 358 g/mol. The van der Waals surface area contributed by atoms with Gasteiger partial charge in [0.25, 0.3) is 0 Å². The second kappa shape index (κ2) is 6.69. The molecule has 2 unspecified atom stereocenters. The number of aromatic nitrogens is 2. The van der Waals surface area contributed by atoms with Crippen LogP contribution in [0, 0.1) is 6.92 Å². The molecule has 2 aliphatic rings. The van der Waals surface area contributed by atoms with Gasteiger partial charge in [-0.15, -0.1) is 10.2 Å². The van der Waals surface area contributed by atoms with E-state index in [1.807, 2.05) is 36.2 Å². The third kappa shape index (κ3) is 3.06. The molecule has 0 aliphatic carbocycles. The SMILES string of the molecule is Cc1nnc(CN(C)C2CN(C(=O)C3COc4ccccc43)C[C@H]2O)o1. The van der Waals surface area contributed by atoms with Crippen LogP contribution in [0.4, 0.5) is 0 Å². The summed E-state index contributed by atoms with van der Waals surface area (Å²) in [5.74, 6) is 1.47. The first kappa shape index (κ1) is 17.0. The minimum absolute atomic E-state index is 0.00136. The van der Waals surface area contributed by atoms with Gasteiger partial charge in [0.05, 0.1) is 18.7 Å². The maximum Gasteiger partial charge on any atom is 0.233 e. The Morgan fingerprint density at radius 2 is 2.15 bits per heavy atom. The number of aliphatic hydroxyl groups is 1. The number of likely N-dealkylation sites (tertiary alicyclic amines) is 1. The molecule has 26 heavy (non-hydrogen) atoms. The van der Waals surface area contributed by atoms with E-state index >= 15 is 0 Å². The highest BCUT2D eigenvalue weighted by atomic mass is 16.5. The number of para-hydroxylation sites is 1. The lowest BCUT2D eigenvalue weighted by Crippen LogP contribution is -2.41. The van der Waals surface area contributed by atoms with Crippen molar-refractivity contribution in [3.05, 3.63) is 41.6 Å². The van der Waals surface area contributed by atoms with Gasteiger partial charge in [-0.25, -0.2) is 0 Å². The van der Waals surface area contributed by atoms with E-state index in [-0.39, 0.29) is 17.9 Å². The van der Waals surface area contributed by atoms with Crippen LogP contribution < -0.4 is 4.74 Å². The summed E-state index contributed by atoms with van der Waals surface area (Å²) < 4.78 is 11.0. The molecule has 0 radical (unpaired) electrons. The molecule has 4 rings (SSSR count). The van der Waals surface area contributed by atoms with E-state index in [9.17, 15) is 9.90 Å². The number of rotatable bonds is 4. The van der Waals surface area contributed by atoms with Gasteiger partial charge in [-0.3, -0.25) is 9.69 Å². The van der Waals surface area contributed by atoms with Crippen molar-refractivity contribution in [1.29, 1.82) is 0 Å². The molecule has 1 fully saturated rings. The fourth-order valence-corrected chi connectivity index (χ4v) is 3.70. The van der Waals surface area contributed by atoms with Crippen molar-refractivity contribution in [2.75, 3.05) is 26.7 Å². The molecule has 3 heterocycles. The van der Waals surface area contributed by atoms with Crippen LogP contribution in [0.5, 0.6) is 5.75 Å². The number of nitrogens with zero attached hydrogens (tertiary/aromatic N) is 4. The highest BCUT2D eigenvalue weighted by molar-refractivity contribution is 5.86. The molecule has 1 aromatic carbocycles. The van der Waals surface area contributed by atoms with Gasteiger partial charge in [0.2, 0.25) is 17.7 Å². The van der Waals surface area contributed by atoms with Crippen LogP contribution in [0.3, 0.4) is 0 Å². The Balaban J connectivity index is 1.43. The lowest BCUT2D eigenvalue weighted by atomic mass is 10.00. The van der Waals surface area contributed by atoms with Crippen molar-refractivity contribution in [3.63, 3.8) is 0 Å². The first-order valence-corrected chi connectivity index (χ1v) is 8.70. The summed E-state index contributed by atoms with van der Waals surface area (Å²) in [6.07, 6.45) is -0.620. The molecule has 3 atom stereocenters. The highest BCUT2D eigenvalue weighted by Gasteiger charge is 2.41. The van der Waals surface area contributed by atoms with Crippen LogP contribution in [-0.2, 0) is 11.3 Å². The van der Waals surface area contributed by atoms with E-state index < -0.39 is 6.10 Å². The standard InChI is InChI=1S/C18H22N4O4/c1-11-19-20-17(26-11)9-21(2)14-7-22(8-15(14)23)18(24)13-10-25-16-6-4-3-5-12(13)16/h3-6,13-15,23H,7-10H2,1-2H3/t13?,14?,15-/m1/s1. The summed E-state index contributed by atoms with van der Waals surface area (Å²) in [7, 11) is 1.88. The normalized spacial score (nSPS) is 24.8. The maximum atomic E-state index is 13.0. The number of fused-ring (bicyclic) bond motifs is 1. The van der Waals surface area contributed by atoms with Crippen molar-refractivity contribution < 1.29 is 19.1 Å². The molecule has 1 aromatic heterocycles. The summed E-state index contributed by atoms with van der Waals surface area (Å²) >= 11 is 0. The molecule has 2 aliphatic heterocycles. The molecular weight excluding hydrogens is 336 g/mol. The third-order valence-corrected chi connectivity index (χ3v) is 5.09. The number of hydrogen-bond acceptors (Lipinski definition) is 7. The lowest BCUT2D eigenvalue weighted by Gasteiger charge is -2.25. The zero-order valence-electron chi connectivity index (χ0n) is 14.8. The molecule has 8 heteroatoms. The van der Waals surface area contributed by atoms with Gasteiger partial charge in [-0.1, -0.05) is 18.2 Å². The number of benzene rings is 1. The van der Waals surface area contributed by atoms with Crippen LogP contribution in [0.1, 0.15) is 23.3 Å². The fourth-order valence-electron chi connectivity index (χ4n) is 3.70. The molecule has 1 amide bonds. The topological polar surface area (TPSA) is 91.9 Å². The number of amides is 1. The zero-order chi connectivity index (χ0) is 18.3. The van der Waals surface area contributed by atoms with Crippen molar-refractivity contribution in [1.82, 2.24) is 20.0 Å². The average Bonchev–Trinajstić information content (AvgIpc) is 3.32. The number of aliphatic hydroxyl groups excluding tert-OH is 1. The lowest BCUT2D eigenvalue weighted by molar-refractivity contribution is -0.132. The van der Waals surface area contributed by atoms with Crippen molar-refractivity contribution in [3.8, 4) is 5.75 Å². The Labute approximate surface area is 151 Å². The van der Waals surface area contributed by atoms with Crippen LogP contribution in [0.25, 0.3) is 0 Å². The number of hydrogen-bond donors (Lipinski definition) is 1. The van der Waals surface area contributed by atoms with Crippen molar-refractivity contribution in [2.24, 2.45) is 0 Å². The third-order valence-electron chi connectivity index (χ3n) is 5.09. The quantitative estimate of drug-likeness (QED) is 0.854. The van der Waals surface area contributed by atoms with Crippen LogP contribution in [-0.4, -0.2) is 69.9 Å². The van der Waals surface area contributed by atoms with E-state index in [0.717, 1.165) is 11.3 Å². The van der Waals surface area contributed by atoms with Gasteiger partial charge >= 0.3 is 0 Å². The van der Waals surface area contributed by atoms with Crippen LogP contribution in [0.15, 0.2) is 28.7 Å². The molecule has 1 saturated heterocycles. The first-order chi connectivity index (χ1) is 12.5. The van der Waals surface area contributed by atoms with Gasteiger partial charge in [0, 0.05) is 25.6 Å². The first-order valence-electron chi connectivity index (χ1n) is 8.70. The Morgan fingerprint density at radius 3 is 2.92 bits per heavy atom. The number of β-amino-alcohol motifs (C(OH)–C–C–N with tert-alkyl or cyclic N) is 1. The van der Waals surface area contributed by atoms with Crippen LogP contribution in [0.2, 0.25) is 0 Å². The fraction of sp³-hybridized carbons (Fsp3) is 0.500. The minimum atomic E-state index is -0.620. The van der Waals surface area contributed by atoms with Gasteiger partial charge in [0.1, 0.15) is 18.3 Å². The van der Waals surface area contributed by atoms with E-state index in [2.05, 4.69) is 10.2 Å². The summed E-state index contributed by atoms with van der Waals surface area (Å²) in [6, 6.07) is 7.44. The number of carbonyl (C=O) groups excluding carboxylic acids is 1. The maximum absolute atomic E-state index is 13.0. The number of aryl methyl sites for hydroxylation is 1. The predicted molar refractivity (Wildman–Crippen MR) is 91.6 cm³/mol. The number of likely N-dealkylation sites (N-methyl/N-ethyl adjacent to an activating group) is 1. The van der Waals surface area contributed by atoms with Gasteiger partial charge < -0.3 is 19.2 Å². The summed E-state index contributed by atoms with van der Waals surface area (Å²) in [6.45, 7) is 3.30. The molecule has 1 N–H and O–H groups in total. The molecule has 0 bridgehead atoms. The minimum Gasteiger partial charge on any atom is -0.492 e. The van der Waals surface area contributed by atoms with E-state index in [1.54, 1.807) is 11.8 Å². The zero-order valence-corrected chi connectivity index (χ0v) is 14.8. The summed E-state index contributed by atoms with van der Waals surface area (Å²) in [5.41, 5.74) is 0.921. The number of carbonyl (C=O) groups is 1. The van der Waals surface area contributed by atoms with Gasteiger partial charge in [-0.2, -0.15) is 0 Å². The summed E-state index contributed by atoms with van der Waals surface area (Å²) in [4.78, 5) is 16.6. The van der Waals surface area contributed by atoms with Crippen molar-refractivity contribution in [2.45, 2.75) is 31.5 Å². The van der Waals surface area contributed by atoms with E-state index in [0.29, 0.717) is 38.0 Å². The van der Waals surface area contributed by atoms with Gasteiger partial charge in [-0.05, 0) is 13.1 Å². The predicted octanol–water partition coefficient (Wildman–Crippen LogP) is 0.558. The average molecular weight is 358 g/mol. The highest BCUT2D eigenvalue weighted by Crippen LogP contribution is 2.35. The Morgan fingerprint density at radius 1 is 1.35 bits per heavy atom. The molecule has 8 nitrogen and oxygen atoms in total. The second-order valence-electron chi connectivity index (χ2n) is 6.91. The molecule has 2 aromatic rings. The largest absolute Gasteiger partial charge is 0.492 e.